The van der Waals surface area contributed by atoms with Crippen LogP contribution in [-0.2, 0) is 9.53 Å². The van der Waals surface area contributed by atoms with E-state index in [-0.39, 0.29) is 17.1 Å². The van der Waals surface area contributed by atoms with Crippen molar-refractivity contribution in [2.45, 2.75) is 6.92 Å². The number of amides is 1. The molecule has 0 saturated carbocycles. The number of nitrogens with one attached hydrogen (secondary N) is 1. The van der Waals surface area contributed by atoms with E-state index >= 15 is 0 Å². The minimum absolute atomic E-state index is 0.0620. The largest absolute Gasteiger partial charge is 0.504 e. The van der Waals surface area contributed by atoms with Gasteiger partial charge in [0.1, 0.15) is 5.56 Å². The van der Waals surface area contributed by atoms with Crippen LogP contribution in [0.25, 0.3) is 0 Å². The molecule has 120 valence electrons. The van der Waals surface area contributed by atoms with Gasteiger partial charge in [-0.2, -0.15) is 0 Å². The van der Waals surface area contributed by atoms with E-state index in [1.165, 1.54) is 19.2 Å². The first-order valence-electron chi connectivity index (χ1n) is 6.91. The highest BCUT2D eigenvalue weighted by molar-refractivity contribution is 5.97. The number of carbonyl (C=O) groups is 2. The van der Waals surface area contributed by atoms with E-state index in [1.54, 1.807) is 18.2 Å². The number of esters is 1. The van der Waals surface area contributed by atoms with Crippen LogP contribution in [-0.4, -0.2) is 30.7 Å². The lowest BCUT2D eigenvalue weighted by atomic mass is 10.2. The van der Waals surface area contributed by atoms with Crippen molar-refractivity contribution < 1.29 is 24.2 Å². The highest BCUT2D eigenvalue weighted by Crippen LogP contribution is 2.29. The summed E-state index contributed by atoms with van der Waals surface area (Å²) in [7, 11) is 1.37. The third kappa shape index (κ3) is 4.00. The van der Waals surface area contributed by atoms with E-state index in [4.69, 9.17) is 9.47 Å². The molecule has 6 nitrogen and oxygen atoms in total. The zero-order valence-corrected chi connectivity index (χ0v) is 12.8. The monoisotopic (exact) mass is 315 g/mol. The summed E-state index contributed by atoms with van der Waals surface area (Å²) in [6, 6.07) is 11.7. The first kappa shape index (κ1) is 16.4. The molecule has 0 aliphatic heterocycles. The van der Waals surface area contributed by atoms with Crippen molar-refractivity contribution in [3.8, 4) is 11.5 Å². The third-order valence-corrected chi connectivity index (χ3v) is 3.19. The van der Waals surface area contributed by atoms with Crippen molar-refractivity contribution in [1.29, 1.82) is 0 Å². The number of phenols is 1. The van der Waals surface area contributed by atoms with E-state index < -0.39 is 18.5 Å². The Morgan fingerprint density at radius 2 is 1.87 bits per heavy atom. The SMILES string of the molecule is COc1cccc(C(=O)OCC(=O)Nc2ccccc2C)c1O. The number of rotatable bonds is 5. The lowest BCUT2D eigenvalue weighted by Gasteiger charge is -2.10. The predicted octanol–water partition coefficient (Wildman–Crippen LogP) is 2.50. The molecule has 0 aliphatic carbocycles. The van der Waals surface area contributed by atoms with Gasteiger partial charge in [0, 0.05) is 5.69 Å². The van der Waals surface area contributed by atoms with Crippen LogP contribution >= 0.6 is 0 Å². The molecule has 2 aromatic rings. The Balaban J connectivity index is 1.97. The number of aryl methyl sites for hydroxylation is 1. The molecule has 0 radical (unpaired) electrons. The Hall–Kier alpha value is -3.02. The van der Waals surface area contributed by atoms with E-state index in [9.17, 15) is 14.7 Å². The van der Waals surface area contributed by atoms with E-state index in [2.05, 4.69) is 5.32 Å². The summed E-state index contributed by atoms with van der Waals surface area (Å²) in [4.78, 5) is 23.8. The first-order valence-corrected chi connectivity index (χ1v) is 6.91. The number of carbonyl (C=O) groups excluding carboxylic acids is 2. The van der Waals surface area contributed by atoms with Gasteiger partial charge in [-0.25, -0.2) is 4.79 Å². The molecule has 0 bridgehead atoms. The van der Waals surface area contributed by atoms with Gasteiger partial charge in [-0.3, -0.25) is 4.79 Å². The minimum atomic E-state index is -0.804. The quantitative estimate of drug-likeness (QED) is 0.828. The van der Waals surface area contributed by atoms with Crippen molar-refractivity contribution in [2.75, 3.05) is 19.0 Å². The number of ether oxygens (including phenoxy) is 2. The van der Waals surface area contributed by atoms with Crippen LogP contribution in [0.2, 0.25) is 0 Å². The Morgan fingerprint density at radius 3 is 2.57 bits per heavy atom. The molecule has 0 heterocycles. The second-order valence-corrected chi connectivity index (χ2v) is 4.80. The van der Waals surface area contributed by atoms with Gasteiger partial charge in [0.05, 0.1) is 7.11 Å². The second-order valence-electron chi connectivity index (χ2n) is 4.80. The second kappa shape index (κ2) is 7.31. The number of aromatic hydroxyl groups is 1. The van der Waals surface area contributed by atoms with Gasteiger partial charge in [0.2, 0.25) is 0 Å². The molecule has 0 spiro atoms. The molecular formula is C17H17NO5. The number of methoxy groups -OCH3 is 1. The van der Waals surface area contributed by atoms with Crippen LogP contribution in [0.15, 0.2) is 42.5 Å². The Morgan fingerprint density at radius 1 is 1.13 bits per heavy atom. The fraction of sp³-hybridized carbons (Fsp3) is 0.176. The minimum Gasteiger partial charge on any atom is -0.504 e. The maximum Gasteiger partial charge on any atom is 0.342 e. The molecule has 2 N–H and O–H groups in total. The lowest BCUT2D eigenvalue weighted by molar-refractivity contribution is -0.119. The highest BCUT2D eigenvalue weighted by atomic mass is 16.5. The van der Waals surface area contributed by atoms with Gasteiger partial charge in [-0.05, 0) is 30.7 Å². The Labute approximate surface area is 133 Å². The molecule has 0 atom stereocenters. The number of hydrogen-bond acceptors (Lipinski definition) is 5. The third-order valence-electron chi connectivity index (χ3n) is 3.19. The molecule has 23 heavy (non-hydrogen) atoms. The maximum atomic E-state index is 11.9. The summed E-state index contributed by atoms with van der Waals surface area (Å²) in [6.07, 6.45) is 0. The summed E-state index contributed by atoms with van der Waals surface area (Å²) in [5.74, 6) is -1.43. The van der Waals surface area contributed by atoms with Gasteiger partial charge in [0.25, 0.3) is 5.91 Å². The predicted molar refractivity (Wildman–Crippen MR) is 84.8 cm³/mol. The van der Waals surface area contributed by atoms with Crippen molar-refractivity contribution in [1.82, 2.24) is 0 Å². The summed E-state index contributed by atoms with van der Waals surface area (Å²) in [6.45, 7) is 1.40. The molecule has 2 rings (SSSR count). The molecule has 1 amide bonds. The maximum absolute atomic E-state index is 11.9. The zero-order valence-electron chi connectivity index (χ0n) is 12.8. The zero-order chi connectivity index (χ0) is 16.8. The van der Waals surface area contributed by atoms with Crippen LogP contribution in [0, 0.1) is 6.92 Å². The van der Waals surface area contributed by atoms with Crippen molar-refractivity contribution in [3.05, 3.63) is 53.6 Å². The smallest absolute Gasteiger partial charge is 0.342 e. The highest BCUT2D eigenvalue weighted by Gasteiger charge is 2.17. The van der Waals surface area contributed by atoms with Crippen LogP contribution < -0.4 is 10.1 Å². The van der Waals surface area contributed by atoms with E-state index in [0.717, 1.165) is 5.56 Å². The van der Waals surface area contributed by atoms with E-state index in [0.29, 0.717) is 5.69 Å². The summed E-state index contributed by atoms with van der Waals surface area (Å²) >= 11 is 0. The number of phenolic OH excluding ortho intramolecular Hbond substituents is 1. The van der Waals surface area contributed by atoms with E-state index in [1.807, 2.05) is 19.1 Å². The first-order chi connectivity index (χ1) is 11.0. The van der Waals surface area contributed by atoms with Crippen molar-refractivity contribution >= 4 is 17.6 Å². The number of para-hydroxylation sites is 2. The molecule has 2 aromatic carbocycles. The number of benzene rings is 2. The molecule has 0 unspecified atom stereocenters. The fourth-order valence-electron chi connectivity index (χ4n) is 1.96. The van der Waals surface area contributed by atoms with Crippen LogP contribution in [0.4, 0.5) is 5.69 Å². The van der Waals surface area contributed by atoms with Crippen LogP contribution in [0.1, 0.15) is 15.9 Å². The number of hydrogen-bond donors (Lipinski definition) is 2. The molecule has 0 fully saturated rings. The average molecular weight is 315 g/mol. The average Bonchev–Trinajstić information content (AvgIpc) is 2.55. The Kier molecular flexibility index (Phi) is 5.19. The van der Waals surface area contributed by atoms with Gasteiger partial charge in [-0.15, -0.1) is 0 Å². The normalized spacial score (nSPS) is 10.0. The molecule has 0 aromatic heterocycles. The lowest BCUT2D eigenvalue weighted by Crippen LogP contribution is -2.21. The van der Waals surface area contributed by atoms with Gasteiger partial charge in [-0.1, -0.05) is 24.3 Å². The number of anilines is 1. The molecule has 0 aliphatic rings. The van der Waals surface area contributed by atoms with Crippen molar-refractivity contribution in [3.63, 3.8) is 0 Å². The topological polar surface area (TPSA) is 84.9 Å². The Bertz CT molecular complexity index is 727. The summed E-state index contributed by atoms with van der Waals surface area (Å²) < 4.78 is 9.83. The van der Waals surface area contributed by atoms with Crippen molar-refractivity contribution in [2.24, 2.45) is 0 Å². The summed E-state index contributed by atoms with van der Waals surface area (Å²) in [5, 5.41) is 12.5. The van der Waals surface area contributed by atoms with Gasteiger partial charge in [0.15, 0.2) is 18.1 Å². The fourth-order valence-corrected chi connectivity index (χ4v) is 1.96. The van der Waals surface area contributed by atoms with Crippen LogP contribution in [0.5, 0.6) is 11.5 Å². The van der Waals surface area contributed by atoms with Gasteiger partial charge >= 0.3 is 5.97 Å². The summed E-state index contributed by atoms with van der Waals surface area (Å²) in [5.41, 5.74) is 1.49. The molecule has 0 saturated heterocycles. The molecular weight excluding hydrogens is 298 g/mol. The van der Waals surface area contributed by atoms with Crippen LogP contribution in [0.3, 0.4) is 0 Å². The van der Waals surface area contributed by atoms with Gasteiger partial charge < -0.3 is 19.9 Å². The standard InChI is InChI=1S/C17H17NO5/c1-11-6-3-4-8-13(11)18-15(19)10-23-17(21)12-7-5-9-14(22-2)16(12)20/h3-9,20H,10H2,1-2H3,(H,18,19). The molecule has 6 heteroatoms.